The molecule has 0 radical (unpaired) electrons. The van der Waals surface area contributed by atoms with E-state index in [0.717, 1.165) is 19.4 Å². The van der Waals surface area contributed by atoms with Crippen LogP contribution in [0.25, 0.3) is 0 Å². The van der Waals surface area contributed by atoms with Gasteiger partial charge in [-0.3, -0.25) is 0 Å². The van der Waals surface area contributed by atoms with Gasteiger partial charge in [-0.05, 0) is 31.6 Å². The molecule has 2 rings (SSSR count). The second-order valence-corrected chi connectivity index (χ2v) is 7.29. The Balaban J connectivity index is 2.04. The fourth-order valence-corrected chi connectivity index (χ4v) is 5.17. The van der Waals surface area contributed by atoms with E-state index in [4.69, 9.17) is 11.6 Å². The van der Waals surface area contributed by atoms with Gasteiger partial charge in [-0.25, -0.2) is 8.42 Å². The molecule has 1 aliphatic heterocycles. The molecule has 5 heteroatoms. The number of nitrogens with zero attached hydrogens (tertiary/aromatic N) is 1. The molecule has 0 spiro atoms. The fourth-order valence-electron chi connectivity index (χ4n) is 3.06. The third-order valence-corrected chi connectivity index (χ3v) is 6.09. The largest absolute Gasteiger partial charge is 0.214 e. The van der Waals surface area contributed by atoms with Crippen LogP contribution in [0.2, 0.25) is 0 Å². The maximum absolute atomic E-state index is 12.1. The number of hydrogen-bond acceptors (Lipinski definition) is 2. The summed E-state index contributed by atoms with van der Waals surface area (Å²) in [4.78, 5) is 0. The van der Waals surface area contributed by atoms with E-state index in [-0.39, 0.29) is 5.75 Å². The van der Waals surface area contributed by atoms with E-state index < -0.39 is 10.0 Å². The lowest BCUT2D eigenvalue weighted by atomic mass is 9.86. The Morgan fingerprint density at radius 1 is 1.19 bits per heavy atom. The lowest BCUT2D eigenvalue weighted by molar-refractivity contribution is 0.260. The maximum atomic E-state index is 12.1. The standard InChI is InChI=1S/C11H20ClNO2S/c12-7-3-9-16(14,15)13-8-6-10-4-1-2-5-11(10)13/h10-11H,1-9H2. The van der Waals surface area contributed by atoms with E-state index in [1.807, 2.05) is 0 Å². The van der Waals surface area contributed by atoms with Gasteiger partial charge in [-0.15, -0.1) is 11.6 Å². The molecular formula is C11H20ClNO2S. The van der Waals surface area contributed by atoms with Gasteiger partial charge in [0.2, 0.25) is 10.0 Å². The molecule has 2 unspecified atom stereocenters. The molecule has 0 N–H and O–H groups in total. The Morgan fingerprint density at radius 3 is 2.69 bits per heavy atom. The van der Waals surface area contributed by atoms with Crippen molar-refractivity contribution in [3.8, 4) is 0 Å². The van der Waals surface area contributed by atoms with E-state index >= 15 is 0 Å². The minimum atomic E-state index is -3.04. The van der Waals surface area contributed by atoms with Crippen molar-refractivity contribution in [3.05, 3.63) is 0 Å². The van der Waals surface area contributed by atoms with E-state index in [1.54, 1.807) is 4.31 Å². The van der Waals surface area contributed by atoms with Gasteiger partial charge in [0.25, 0.3) is 0 Å². The van der Waals surface area contributed by atoms with Gasteiger partial charge in [-0.1, -0.05) is 12.8 Å². The molecule has 0 bridgehead atoms. The molecule has 3 nitrogen and oxygen atoms in total. The molecule has 1 heterocycles. The zero-order valence-electron chi connectivity index (χ0n) is 9.57. The Bertz CT molecular complexity index is 331. The average Bonchev–Trinajstić information content (AvgIpc) is 2.71. The first-order chi connectivity index (χ1) is 7.65. The molecule has 1 saturated heterocycles. The number of alkyl halides is 1. The van der Waals surface area contributed by atoms with Gasteiger partial charge in [0.15, 0.2) is 0 Å². The third-order valence-electron chi connectivity index (χ3n) is 3.85. The van der Waals surface area contributed by atoms with Crippen LogP contribution in [-0.2, 0) is 10.0 Å². The van der Waals surface area contributed by atoms with E-state index in [2.05, 4.69) is 0 Å². The Morgan fingerprint density at radius 2 is 1.94 bits per heavy atom. The predicted molar refractivity (Wildman–Crippen MR) is 66.2 cm³/mol. The molecule has 1 saturated carbocycles. The highest BCUT2D eigenvalue weighted by molar-refractivity contribution is 7.89. The van der Waals surface area contributed by atoms with Crippen LogP contribution in [0.3, 0.4) is 0 Å². The first kappa shape index (κ1) is 12.7. The van der Waals surface area contributed by atoms with Gasteiger partial charge < -0.3 is 0 Å². The molecule has 16 heavy (non-hydrogen) atoms. The van der Waals surface area contributed by atoms with Crippen LogP contribution in [0, 0.1) is 5.92 Å². The zero-order chi connectivity index (χ0) is 11.6. The molecule has 2 aliphatic rings. The van der Waals surface area contributed by atoms with Crippen LogP contribution in [-0.4, -0.2) is 36.9 Å². The summed E-state index contributed by atoms with van der Waals surface area (Å²) in [7, 11) is -3.04. The summed E-state index contributed by atoms with van der Waals surface area (Å²) in [6, 6.07) is 0.300. The second kappa shape index (κ2) is 5.23. The van der Waals surface area contributed by atoms with E-state index in [9.17, 15) is 8.42 Å². The van der Waals surface area contributed by atoms with Crippen LogP contribution in [0.1, 0.15) is 38.5 Å². The van der Waals surface area contributed by atoms with Crippen LogP contribution >= 0.6 is 11.6 Å². The summed E-state index contributed by atoms with van der Waals surface area (Å²) in [6.45, 7) is 0.736. The van der Waals surface area contributed by atoms with Gasteiger partial charge >= 0.3 is 0 Å². The molecule has 0 aromatic carbocycles. The molecule has 0 aromatic rings. The molecule has 2 fully saturated rings. The van der Waals surface area contributed by atoms with Crippen molar-refractivity contribution < 1.29 is 8.42 Å². The highest BCUT2D eigenvalue weighted by Gasteiger charge is 2.41. The van der Waals surface area contributed by atoms with Crippen LogP contribution in [0.5, 0.6) is 0 Å². The van der Waals surface area contributed by atoms with Crippen molar-refractivity contribution in [1.29, 1.82) is 0 Å². The highest BCUT2D eigenvalue weighted by Crippen LogP contribution is 2.37. The van der Waals surface area contributed by atoms with Crippen molar-refractivity contribution in [2.24, 2.45) is 5.92 Å². The summed E-state index contributed by atoms with van der Waals surface area (Å²) in [5.41, 5.74) is 0. The third kappa shape index (κ3) is 2.54. The van der Waals surface area contributed by atoms with Crippen molar-refractivity contribution in [2.75, 3.05) is 18.2 Å². The second-order valence-electron chi connectivity index (χ2n) is 4.87. The number of rotatable bonds is 4. The summed E-state index contributed by atoms with van der Waals surface area (Å²) in [5, 5.41) is 0. The Labute approximate surface area is 103 Å². The predicted octanol–water partition coefficient (Wildman–Crippen LogP) is 2.21. The smallest absolute Gasteiger partial charge is 0.212 e. The monoisotopic (exact) mass is 265 g/mol. The van der Waals surface area contributed by atoms with Gasteiger partial charge in [0, 0.05) is 18.5 Å². The molecule has 2 atom stereocenters. The van der Waals surface area contributed by atoms with Crippen molar-refractivity contribution >= 4 is 21.6 Å². The van der Waals surface area contributed by atoms with Crippen molar-refractivity contribution in [1.82, 2.24) is 4.31 Å². The van der Waals surface area contributed by atoms with Crippen LogP contribution in [0.4, 0.5) is 0 Å². The Kier molecular flexibility index (Phi) is 4.14. The van der Waals surface area contributed by atoms with E-state index in [1.165, 1.54) is 19.3 Å². The van der Waals surface area contributed by atoms with Gasteiger partial charge in [-0.2, -0.15) is 4.31 Å². The molecule has 1 aliphatic carbocycles. The Hall–Kier alpha value is 0.200. The normalized spacial score (nSPS) is 31.6. The van der Waals surface area contributed by atoms with E-state index in [0.29, 0.717) is 24.3 Å². The van der Waals surface area contributed by atoms with Crippen molar-refractivity contribution in [2.45, 2.75) is 44.6 Å². The van der Waals surface area contributed by atoms with Gasteiger partial charge in [0.1, 0.15) is 0 Å². The molecule has 0 aromatic heterocycles. The lowest BCUT2D eigenvalue weighted by Gasteiger charge is -2.30. The van der Waals surface area contributed by atoms with Crippen molar-refractivity contribution in [3.63, 3.8) is 0 Å². The van der Waals surface area contributed by atoms with Crippen LogP contribution < -0.4 is 0 Å². The number of fused-ring (bicyclic) bond motifs is 1. The summed E-state index contributed by atoms with van der Waals surface area (Å²) in [5.74, 6) is 1.28. The van der Waals surface area contributed by atoms with Gasteiger partial charge in [0.05, 0.1) is 5.75 Å². The minimum Gasteiger partial charge on any atom is -0.212 e. The lowest BCUT2D eigenvalue weighted by Crippen LogP contribution is -2.40. The maximum Gasteiger partial charge on any atom is 0.214 e. The quantitative estimate of drug-likeness (QED) is 0.731. The number of sulfonamides is 1. The number of halogens is 1. The highest BCUT2D eigenvalue weighted by atomic mass is 35.5. The summed E-state index contributed by atoms with van der Waals surface area (Å²) < 4.78 is 26.0. The molecule has 94 valence electrons. The van der Waals surface area contributed by atoms with Crippen LogP contribution in [0.15, 0.2) is 0 Å². The first-order valence-corrected chi connectivity index (χ1v) is 8.35. The molecular weight excluding hydrogens is 246 g/mol. The fraction of sp³-hybridized carbons (Fsp3) is 1.00. The summed E-state index contributed by atoms with van der Waals surface area (Å²) in [6.07, 6.45) is 6.36. The first-order valence-electron chi connectivity index (χ1n) is 6.20. The number of hydrogen-bond donors (Lipinski definition) is 0. The average molecular weight is 266 g/mol. The molecule has 0 amide bonds. The topological polar surface area (TPSA) is 37.4 Å². The zero-order valence-corrected chi connectivity index (χ0v) is 11.1. The SMILES string of the molecule is O=S(=O)(CCCCl)N1CCC2CCCCC21. The minimum absolute atomic E-state index is 0.222. The summed E-state index contributed by atoms with van der Waals surface area (Å²) >= 11 is 5.57.